The third-order valence-electron chi connectivity index (χ3n) is 3.22. The first-order valence-electron chi connectivity index (χ1n) is 6.21. The number of imidazole rings is 1. The van der Waals surface area contributed by atoms with Crippen molar-refractivity contribution in [1.29, 1.82) is 0 Å². The summed E-state index contributed by atoms with van der Waals surface area (Å²) < 4.78 is 2.25. The molecule has 4 heteroatoms. The average Bonchev–Trinajstić information content (AvgIpc) is 3.04. The highest BCUT2D eigenvalue weighted by Crippen LogP contribution is 2.24. The van der Waals surface area contributed by atoms with Crippen LogP contribution in [0.5, 0.6) is 0 Å². The maximum Gasteiger partial charge on any atom is 0.0949 e. The maximum absolute atomic E-state index is 4.22. The standard InChI is InChI=1S/C12H22N4/c1-3-13-8-12-9-14-10-16(12)7-6-15(2)11-4-5-11/h9-11,13H,3-8H2,1-2H3. The number of likely N-dealkylation sites (N-methyl/N-ethyl adjacent to an activating group) is 1. The number of nitrogens with zero attached hydrogens (tertiary/aromatic N) is 3. The summed E-state index contributed by atoms with van der Waals surface area (Å²) in [5.74, 6) is 0. The summed E-state index contributed by atoms with van der Waals surface area (Å²) in [6.07, 6.45) is 6.66. The van der Waals surface area contributed by atoms with Gasteiger partial charge in [-0.25, -0.2) is 4.98 Å². The Kier molecular flexibility index (Phi) is 3.96. The molecule has 1 aliphatic carbocycles. The van der Waals surface area contributed by atoms with E-state index in [9.17, 15) is 0 Å². The van der Waals surface area contributed by atoms with Crippen LogP contribution in [0.2, 0.25) is 0 Å². The van der Waals surface area contributed by atoms with Crippen molar-refractivity contribution in [2.45, 2.75) is 38.9 Å². The van der Waals surface area contributed by atoms with Gasteiger partial charge in [-0.1, -0.05) is 6.92 Å². The molecular formula is C12H22N4. The van der Waals surface area contributed by atoms with E-state index in [-0.39, 0.29) is 0 Å². The van der Waals surface area contributed by atoms with Crippen LogP contribution in [0.25, 0.3) is 0 Å². The van der Waals surface area contributed by atoms with Gasteiger partial charge in [0.05, 0.1) is 12.0 Å². The van der Waals surface area contributed by atoms with Gasteiger partial charge in [-0.3, -0.25) is 0 Å². The van der Waals surface area contributed by atoms with Gasteiger partial charge in [0.25, 0.3) is 0 Å². The van der Waals surface area contributed by atoms with Crippen molar-refractivity contribution >= 4 is 0 Å². The van der Waals surface area contributed by atoms with Crippen molar-refractivity contribution in [2.75, 3.05) is 20.1 Å². The van der Waals surface area contributed by atoms with Crippen molar-refractivity contribution < 1.29 is 0 Å². The third-order valence-corrected chi connectivity index (χ3v) is 3.22. The van der Waals surface area contributed by atoms with Gasteiger partial charge in [-0.15, -0.1) is 0 Å². The van der Waals surface area contributed by atoms with Gasteiger partial charge in [0.15, 0.2) is 0 Å². The normalized spacial score (nSPS) is 15.9. The van der Waals surface area contributed by atoms with Crippen molar-refractivity contribution in [2.24, 2.45) is 0 Å². The van der Waals surface area contributed by atoms with Crippen LogP contribution in [-0.4, -0.2) is 40.6 Å². The SMILES string of the molecule is CCNCc1cncn1CCN(C)C1CC1. The summed E-state index contributed by atoms with van der Waals surface area (Å²) in [6, 6.07) is 0.848. The predicted molar refractivity (Wildman–Crippen MR) is 65.3 cm³/mol. The van der Waals surface area contributed by atoms with Crippen LogP contribution >= 0.6 is 0 Å². The molecule has 1 aromatic rings. The minimum atomic E-state index is 0.848. The molecule has 0 aliphatic heterocycles. The lowest BCUT2D eigenvalue weighted by molar-refractivity contribution is 0.307. The zero-order valence-corrected chi connectivity index (χ0v) is 10.3. The van der Waals surface area contributed by atoms with Crippen LogP contribution in [0.1, 0.15) is 25.5 Å². The molecule has 0 spiro atoms. The molecule has 1 fully saturated rings. The van der Waals surface area contributed by atoms with Crippen LogP contribution in [0, 0.1) is 0 Å². The number of hydrogen-bond donors (Lipinski definition) is 1. The summed E-state index contributed by atoms with van der Waals surface area (Å²) in [7, 11) is 2.22. The van der Waals surface area contributed by atoms with Gasteiger partial charge in [0, 0.05) is 31.9 Å². The molecule has 4 nitrogen and oxygen atoms in total. The number of rotatable bonds is 7. The summed E-state index contributed by atoms with van der Waals surface area (Å²) in [4.78, 5) is 6.67. The molecular weight excluding hydrogens is 200 g/mol. The minimum absolute atomic E-state index is 0.848. The fraction of sp³-hybridized carbons (Fsp3) is 0.750. The topological polar surface area (TPSA) is 33.1 Å². The molecule has 0 atom stereocenters. The van der Waals surface area contributed by atoms with E-state index in [0.717, 1.165) is 32.2 Å². The third kappa shape index (κ3) is 3.06. The molecule has 0 bridgehead atoms. The molecule has 1 N–H and O–H groups in total. The van der Waals surface area contributed by atoms with E-state index in [0.29, 0.717) is 0 Å². The Labute approximate surface area is 97.7 Å². The first kappa shape index (κ1) is 11.6. The van der Waals surface area contributed by atoms with Gasteiger partial charge >= 0.3 is 0 Å². The second-order valence-corrected chi connectivity index (χ2v) is 4.57. The maximum atomic E-state index is 4.22. The fourth-order valence-corrected chi connectivity index (χ4v) is 1.91. The summed E-state index contributed by atoms with van der Waals surface area (Å²) in [5.41, 5.74) is 1.28. The van der Waals surface area contributed by atoms with Gasteiger partial charge in [-0.05, 0) is 26.4 Å². The van der Waals surface area contributed by atoms with Crippen LogP contribution < -0.4 is 5.32 Å². The van der Waals surface area contributed by atoms with E-state index in [2.05, 4.69) is 33.7 Å². The van der Waals surface area contributed by atoms with Crippen LogP contribution in [0.4, 0.5) is 0 Å². The quantitative estimate of drug-likeness (QED) is 0.749. The van der Waals surface area contributed by atoms with Crippen molar-refractivity contribution in [1.82, 2.24) is 19.8 Å². The number of nitrogens with one attached hydrogen (secondary N) is 1. The molecule has 1 heterocycles. The largest absolute Gasteiger partial charge is 0.332 e. The Balaban J connectivity index is 1.80. The molecule has 2 rings (SSSR count). The number of aromatic nitrogens is 2. The van der Waals surface area contributed by atoms with Crippen molar-refractivity contribution in [3.8, 4) is 0 Å². The highest BCUT2D eigenvalue weighted by atomic mass is 15.2. The second-order valence-electron chi connectivity index (χ2n) is 4.57. The molecule has 1 aliphatic rings. The van der Waals surface area contributed by atoms with Gasteiger partial charge in [-0.2, -0.15) is 0 Å². The van der Waals surface area contributed by atoms with Crippen molar-refractivity contribution in [3.63, 3.8) is 0 Å². The lowest BCUT2D eigenvalue weighted by Gasteiger charge is -2.16. The first-order chi connectivity index (χ1) is 7.81. The Morgan fingerprint density at radius 3 is 3.06 bits per heavy atom. The van der Waals surface area contributed by atoms with Gasteiger partial charge in [0.2, 0.25) is 0 Å². The lowest BCUT2D eigenvalue weighted by atomic mass is 10.4. The number of hydrogen-bond acceptors (Lipinski definition) is 3. The summed E-state index contributed by atoms with van der Waals surface area (Å²) in [5, 5.41) is 3.34. The average molecular weight is 222 g/mol. The van der Waals surface area contributed by atoms with E-state index in [1.807, 2.05) is 12.5 Å². The van der Waals surface area contributed by atoms with Crippen LogP contribution in [0.15, 0.2) is 12.5 Å². The molecule has 0 saturated heterocycles. The van der Waals surface area contributed by atoms with Gasteiger partial charge in [0.1, 0.15) is 0 Å². The molecule has 16 heavy (non-hydrogen) atoms. The molecule has 0 aromatic carbocycles. The molecule has 90 valence electrons. The summed E-state index contributed by atoms with van der Waals surface area (Å²) >= 11 is 0. The highest BCUT2D eigenvalue weighted by Gasteiger charge is 2.25. The van der Waals surface area contributed by atoms with Crippen LogP contribution in [-0.2, 0) is 13.1 Å². The van der Waals surface area contributed by atoms with Gasteiger partial charge < -0.3 is 14.8 Å². The Bertz CT molecular complexity index is 317. The monoisotopic (exact) mass is 222 g/mol. The van der Waals surface area contributed by atoms with Crippen molar-refractivity contribution in [3.05, 3.63) is 18.2 Å². The molecule has 0 amide bonds. The van der Waals surface area contributed by atoms with E-state index >= 15 is 0 Å². The smallest absolute Gasteiger partial charge is 0.0949 e. The van der Waals surface area contributed by atoms with E-state index in [1.54, 1.807) is 0 Å². The predicted octanol–water partition coefficient (Wildman–Crippen LogP) is 1.09. The molecule has 1 aromatic heterocycles. The lowest BCUT2D eigenvalue weighted by Crippen LogP contribution is -2.26. The van der Waals surface area contributed by atoms with E-state index in [4.69, 9.17) is 0 Å². The van der Waals surface area contributed by atoms with Crippen LogP contribution in [0.3, 0.4) is 0 Å². The second kappa shape index (κ2) is 5.46. The fourth-order valence-electron chi connectivity index (χ4n) is 1.91. The Hall–Kier alpha value is -0.870. The Morgan fingerprint density at radius 2 is 2.38 bits per heavy atom. The molecule has 0 radical (unpaired) electrons. The molecule has 1 saturated carbocycles. The zero-order valence-electron chi connectivity index (χ0n) is 10.3. The Morgan fingerprint density at radius 1 is 1.56 bits per heavy atom. The first-order valence-corrected chi connectivity index (χ1v) is 6.21. The zero-order chi connectivity index (χ0) is 11.4. The van der Waals surface area contributed by atoms with E-state index < -0.39 is 0 Å². The summed E-state index contributed by atoms with van der Waals surface area (Å²) in [6.45, 7) is 6.23. The highest BCUT2D eigenvalue weighted by molar-refractivity contribution is 4.98. The molecule has 0 unspecified atom stereocenters. The van der Waals surface area contributed by atoms with E-state index in [1.165, 1.54) is 18.5 Å². The minimum Gasteiger partial charge on any atom is -0.332 e.